The van der Waals surface area contributed by atoms with Crippen LogP contribution in [0.2, 0.25) is 0 Å². The number of aliphatic hydroxyl groups excluding tert-OH is 1. The third-order valence-corrected chi connectivity index (χ3v) is 3.81. The van der Waals surface area contributed by atoms with Crippen molar-refractivity contribution in [3.63, 3.8) is 0 Å². The summed E-state index contributed by atoms with van der Waals surface area (Å²) >= 11 is 3.32. The molecule has 0 atom stereocenters. The number of hydrogen-bond donors (Lipinski definition) is 2. The minimum absolute atomic E-state index is 0.0651. The molecule has 0 aliphatic carbocycles. The molecule has 0 spiro atoms. The molecule has 0 heterocycles. The first-order valence-electron chi connectivity index (χ1n) is 5.86. The summed E-state index contributed by atoms with van der Waals surface area (Å²) in [6, 6.07) is 4.88. The van der Waals surface area contributed by atoms with Crippen molar-refractivity contribution < 1.29 is 9.50 Å². The Labute approximate surface area is 110 Å². The van der Waals surface area contributed by atoms with Crippen LogP contribution < -0.4 is 5.32 Å². The molecule has 17 heavy (non-hydrogen) atoms. The number of aliphatic hydroxyl groups is 1. The van der Waals surface area contributed by atoms with Gasteiger partial charge in [-0.05, 0) is 31.0 Å². The van der Waals surface area contributed by atoms with E-state index in [9.17, 15) is 9.50 Å². The van der Waals surface area contributed by atoms with Gasteiger partial charge in [0.15, 0.2) is 0 Å². The standard InChI is InChI=1S/C13H19BrFNO/c1-3-13(4-2,9-17)16-8-10-7-11(14)5-6-12(10)15/h5-7,16-17H,3-4,8-9H2,1-2H3. The molecule has 1 rings (SSSR count). The highest BCUT2D eigenvalue weighted by atomic mass is 79.9. The number of hydrogen-bond acceptors (Lipinski definition) is 2. The maximum atomic E-state index is 13.5. The van der Waals surface area contributed by atoms with E-state index in [-0.39, 0.29) is 18.0 Å². The Morgan fingerprint density at radius 1 is 1.35 bits per heavy atom. The van der Waals surface area contributed by atoms with Crippen molar-refractivity contribution in [1.29, 1.82) is 0 Å². The predicted octanol–water partition coefficient (Wildman–Crippen LogP) is 3.23. The van der Waals surface area contributed by atoms with Gasteiger partial charge in [0.05, 0.1) is 6.61 Å². The third kappa shape index (κ3) is 3.76. The molecule has 0 fully saturated rings. The van der Waals surface area contributed by atoms with Crippen molar-refractivity contribution in [2.24, 2.45) is 0 Å². The maximum absolute atomic E-state index is 13.5. The van der Waals surface area contributed by atoms with Gasteiger partial charge >= 0.3 is 0 Å². The van der Waals surface area contributed by atoms with Crippen LogP contribution in [0.4, 0.5) is 4.39 Å². The Hall–Kier alpha value is -0.450. The van der Waals surface area contributed by atoms with Crippen LogP contribution in [0.5, 0.6) is 0 Å². The van der Waals surface area contributed by atoms with Gasteiger partial charge in [0.2, 0.25) is 0 Å². The van der Waals surface area contributed by atoms with E-state index < -0.39 is 0 Å². The van der Waals surface area contributed by atoms with Gasteiger partial charge < -0.3 is 10.4 Å². The fourth-order valence-electron chi connectivity index (χ4n) is 1.74. The largest absolute Gasteiger partial charge is 0.394 e. The molecule has 1 aromatic rings. The van der Waals surface area contributed by atoms with Crippen LogP contribution in [-0.4, -0.2) is 17.3 Å². The lowest BCUT2D eigenvalue weighted by molar-refractivity contribution is 0.149. The zero-order valence-corrected chi connectivity index (χ0v) is 11.8. The normalized spacial score (nSPS) is 11.8. The van der Waals surface area contributed by atoms with Crippen LogP contribution in [0.15, 0.2) is 22.7 Å². The molecule has 0 aliphatic heterocycles. The summed E-state index contributed by atoms with van der Waals surface area (Å²) in [6.45, 7) is 4.52. The SMILES string of the molecule is CCC(CC)(CO)NCc1cc(Br)ccc1F. The zero-order chi connectivity index (χ0) is 12.9. The van der Waals surface area contributed by atoms with Gasteiger partial charge in [0, 0.05) is 22.1 Å². The molecule has 2 N–H and O–H groups in total. The lowest BCUT2D eigenvalue weighted by atomic mass is 9.93. The molecular formula is C13H19BrFNO. The van der Waals surface area contributed by atoms with Crippen LogP contribution in [0.1, 0.15) is 32.3 Å². The van der Waals surface area contributed by atoms with E-state index in [4.69, 9.17) is 0 Å². The molecule has 96 valence electrons. The number of halogens is 2. The molecule has 0 aromatic heterocycles. The summed E-state index contributed by atoms with van der Waals surface area (Å²) in [6.07, 6.45) is 1.63. The second-order valence-corrected chi connectivity index (χ2v) is 5.15. The highest BCUT2D eigenvalue weighted by molar-refractivity contribution is 9.10. The first-order chi connectivity index (χ1) is 8.06. The number of rotatable bonds is 6. The molecule has 4 heteroatoms. The summed E-state index contributed by atoms with van der Waals surface area (Å²) in [5, 5.41) is 12.7. The Bertz CT molecular complexity index is 358. The van der Waals surface area contributed by atoms with Gasteiger partial charge in [-0.2, -0.15) is 0 Å². The van der Waals surface area contributed by atoms with Crippen molar-refractivity contribution in [3.05, 3.63) is 34.1 Å². The molecule has 0 radical (unpaired) electrons. The van der Waals surface area contributed by atoms with Crippen molar-refractivity contribution >= 4 is 15.9 Å². The van der Waals surface area contributed by atoms with E-state index >= 15 is 0 Å². The Balaban J connectivity index is 2.75. The van der Waals surface area contributed by atoms with Crippen LogP contribution in [0, 0.1) is 5.82 Å². The van der Waals surface area contributed by atoms with E-state index in [0.717, 1.165) is 17.3 Å². The average Bonchev–Trinajstić information content (AvgIpc) is 2.35. The number of nitrogens with one attached hydrogen (secondary N) is 1. The summed E-state index contributed by atoms with van der Waals surface area (Å²) in [5.74, 6) is -0.222. The predicted molar refractivity (Wildman–Crippen MR) is 71.3 cm³/mol. The van der Waals surface area contributed by atoms with Gasteiger partial charge in [-0.3, -0.25) is 0 Å². The fraction of sp³-hybridized carbons (Fsp3) is 0.538. The molecule has 1 aromatic carbocycles. The summed E-state index contributed by atoms with van der Waals surface area (Å²) in [7, 11) is 0. The summed E-state index contributed by atoms with van der Waals surface area (Å²) in [5.41, 5.74) is 0.300. The molecule has 0 saturated heterocycles. The Morgan fingerprint density at radius 2 is 2.00 bits per heavy atom. The van der Waals surface area contributed by atoms with Gasteiger partial charge in [-0.25, -0.2) is 4.39 Å². The van der Waals surface area contributed by atoms with Crippen molar-refractivity contribution in [2.45, 2.75) is 38.8 Å². The van der Waals surface area contributed by atoms with Gasteiger partial charge in [0.25, 0.3) is 0 Å². The van der Waals surface area contributed by atoms with Crippen LogP contribution in [0.25, 0.3) is 0 Å². The second-order valence-electron chi connectivity index (χ2n) is 4.23. The van der Waals surface area contributed by atoms with Crippen LogP contribution >= 0.6 is 15.9 Å². The molecule has 0 unspecified atom stereocenters. The molecule has 0 amide bonds. The smallest absolute Gasteiger partial charge is 0.127 e. The van der Waals surface area contributed by atoms with E-state index in [1.807, 2.05) is 13.8 Å². The molecule has 2 nitrogen and oxygen atoms in total. The minimum Gasteiger partial charge on any atom is -0.394 e. The molecule has 0 bridgehead atoms. The van der Waals surface area contributed by atoms with Gasteiger partial charge in [-0.1, -0.05) is 29.8 Å². The molecule has 0 saturated carbocycles. The van der Waals surface area contributed by atoms with E-state index in [1.54, 1.807) is 12.1 Å². The number of benzene rings is 1. The van der Waals surface area contributed by atoms with Crippen LogP contribution in [-0.2, 0) is 6.54 Å². The minimum atomic E-state index is -0.311. The lowest BCUT2D eigenvalue weighted by Gasteiger charge is -2.31. The topological polar surface area (TPSA) is 32.3 Å². The highest BCUT2D eigenvalue weighted by Crippen LogP contribution is 2.19. The molecule has 0 aliphatic rings. The lowest BCUT2D eigenvalue weighted by Crippen LogP contribution is -2.47. The van der Waals surface area contributed by atoms with E-state index in [0.29, 0.717) is 12.1 Å². The first kappa shape index (κ1) is 14.6. The summed E-state index contributed by atoms with van der Waals surface area (Å²) < 4.78 is 14.4. The van der Waals surface area contributed by atoms with Gasteiger partial charge in [0.1, 0.15) is 5.82 Å². The Morgan fingerprint density at radius 3 is 2.53 bits per heavy atom. The molecular weight excluding hydrogens is 285 g/mol. The van der Waals surface area contributed by atoms with Crippen molar-refractivity contribution in [3.8, 4) is 0 Å². The first-order valence-corrected chi connectivity index (χ1v) is 6.66. The van der Waals surface area contributed by atoms with E-state index in [1.165, 1.54) is 6.07 Å². The highest BCUT2D eigenvalue weighted by Gasteiger charge is 2.24. The maximum Gasteiger partial charge on any atom is 0.127 e. The van der Waals surface area contributed by atoms with Crippen molar-refractivity contribution in [1.82, 2.24) is 5.32 Å². The fourth-order valence-corrected chi connectivity index (χ4v) is 2.15. The quantitative estimate of drug-likeness (QED) is 0.846. The Kier molecular flexibility index (Phi) is 5.56. The average molecular weight is 304 g/mol. The monoisotopic (exact) mass is 303 g/mol. The van der Waals surface area contributed by atoms with Crippen molar-refractivity contribution in [2.75, 3.05) is 6.61 Å². The van der Waals surface area contributed by atoms with Crippen LogP contribution in [0.3, 0.4) is 0 Å². The zero-order valence-electron chi connectivity index (χ0n) is 10.3. The summed E-state index contributed by atoms with van der Waals surface area (Å²) in [4.78, 5) is 0. The van der Waals surface area contributed by atoms with E-state index in [2.05, 4.69) is 21.2 Å². The third-order valence-electron chi connectivity index (χ3n) is 3.32. The van der Waals surface area contributed by atoms with Gasteiger partial charge in [-0.15, -0.1) is 0 Å². The second kappa shape index (κ2) is 6.47.